The fourth-order valence-corrected chi connectivity index (χ4v) is 0.917. The topological polar surface area (TPSA) is 86.5 Å². The van der Waals surface area contributed by atoms with Gasteiger partial charge in [0.25, 0.3) is 0 Å². The van der Waals surface area contributed by atoms with Crippen molar-refractivity contribution in [3.8, 4) is 5.88 Å². The first-order valence-electron chi connectivity index (χ1n) is 4.35. The van der Waals surface area contributed by atoms with Crippen LogP contribution in [-0.2, 0) is 16.2 Å². The van der Waals surface area contributed by atoms with Gasteiger partial charge in [-0.05, 0) is 6.07 Å². The Morgan fingerprint density at radius 3 is 3.07 bits per heavy atom. The third-order valence-corrected chi connectivity index (χ3v) is 1.56. The van der Waals surface area contributed by atoms with Crippen LogP contribution in [0.4, 0.5) is 0 Å². The maximum atomic E-state index is 10.3. The van der Waals surface area contributed by atoms with Crippen LogP contribution in [-0.4, -0.2) is 24.6 Å². The van der Waals surface area contributed by atoms with Crippen LogP contribution in [0.2, 0.25) is 0 Å². The van der Waals surface area contributed by atoms with Gasteiger partial charge in [-0.2, -0.15) is 5.48 Å². The molecular formula is C9H13N3O3. The quantitative estimate of drug-likeness (QED) is 0.493. The van der Waals surface area contributed by atoms with Gasteiger partial charge in [-0.15, -0.1) is 0 Å². The van der Waals surface area contributed by atoms with Gasteiger partial charge in [0, 0.05) is 6.07 Å². The van der Waals surface area contributed by atoms with Gasteiger partial charge in [0.2, 0.25) is 11.8 Å². The lowest BCUT2D eigenvalue weighted by Gasteiger charge is -2.04. The van der Waals surface area contributed by atoms with Crippen LogP contribution in [0.3, 0.4) is 0 Å². The molecule has 0 aliphatic carbocycles. The van der Waals surface area contributed by atoms with Gasteiger partial charge in [-0.3, -0.25) is 9.63 Å². The zero-order valence-electron chi connectivity index (χ0n) is 8.40. The molecule has 0 saturated heterocycles. The number of aromatic nitrogens is 1. The Morgan fingerprint density at radius 2 is 2.40 bits per heavy atom. The molecule has 0 spiro atoms. The van der Waals surface area contributed by atoms with E-state index in [9.17, 15) is 4.79 Å². The molecule has 0 aliphatic heterocycles. The van der Waals surface area contributed by atoms with Crippen molar-refractivity contribution in [3.05, 3.63) is 23.9 Å². The molecule has 1 aromatic rings. The lowest BCUT2D eigenvalue weighted by Crippen LogP contribution is -2.24. The Balaban J connectivity index is 2.33. The summed E-state index contributed by atoms with van der Waals surface area (Å²) >= 11 is 0. The molecule has 1 heterocycles. The summed E-state index contributed by atoms with van der Waals surface area (Å²) in [6.07, 6.45) is 0. The van der Waals surface area contributed by atoms with E-state index in [1.165, 1.54) is 0 Å². The highest BCUT2D eigenvalue weighted by Gasteiger charge is 1.98. The summed E-state index contributed by atoms with van der Waals surface area (Å²) < 4.78 is 4.95. The van der Waals surface area contributed by atoms with E-state index < -0.39 is 5.91 Å². The number of hydroxylamine groups is 1. The molecule has 0 aromatic carbocycles. The number of ether oxygens (including phenoxy) is 1. The lowest BCUT2D eigenvalue weighted by molar-refractivity contribution is -0.125. The van der Waals surface area contributed by atoms with E-state index in [1.54, 1.807) is 13.2 Å². The van der Waals surface area contributed by atoms with Crippen molar-refractivity contribution < 1.29 is 14.4 Å². The number of primary amides is 1. The van der Waals surface area contributed by atoms with Gasteiger partial charge in [-0.25, -0.2) is 4.98 Å². The Kier molecular flexibility index (Phi) is 4.52. The molecular weight excluding hydrogens is 198 g/mol. The minimum absolute atomic E-state index is 0.163. The van der Waals surface area contributed by atoms with Crippen molar-refractivity contribution in [1.82, 2.24) is 10.5 Å². The summed E-state index contributed by atoms with van der Waals surface area (Å²) in [6.45, 7) is 0.217. The number of carbonyl (C=O) groups excluding carboxylic acids is 1. The summed E-state index contributed by atoms with van der Waals surface area (Å²) in [5.41, 5.74) is 8.19. The van der Waals surface area contributed by atoms with E-state index in [1.807, 2.05) is 12.1 Å². The number of pyridine rings is 1. The predicted octanol–water partition coefficient (Wildman–Crippen LogP) is -0.403. The molecule has 82 valence electrons. The number of nitrogens with zero attached hydrogens (tertiary/aromatic N) is 1. The fraction of sp³-hybridized carbons (Fsp3) is 0.333. The molecule has 0 saturated carbocycles. The summed E-state index contributed by atoms with van der Waals surface area (Å²) in [7, 11) is 1.54. The van der Waals surface area contributed by atoms with Gasteiger partial charge in [-0.1, -0.05) is 6.07 Å². The maximum absolute atomic E-state index is 10.3. The monoisotopic (exact) mass is 211 g/mol. The molecule has 15 heavy (non-hydrogen) atoms. The van der Waals surface area contributed by atoms with Crippen LogP contribution in [0.5, 0.6) is 5.88 Å². The zero-order valence-corrected chi connectivity index (χ0v) is 8.40. The average Bonchev–Trinajstić information content (AvgIpc) is 2.24. The van der Waals surface area contributed by atoms with Crippen LogP contribution < -0.4 is 16.0 Å². The number of carbonyl (C=O) groups is 1. The van der Waals surface area contributed by atoms with Crippen LogP contribution in [0.1, 0.15) is 5.69 Å². The molecule has 0 unspecified atom stereocenters. The van der Waals surface area contributed by atoms with Crippen molar-refractivity contribution in [2.24, 2.45) is 5.73 Å². The number of hydrogen-bond acceptors (Lipinski definition) is 5. The molecule has 6 heteroatoms. The molecule has 0 radical (unpaired) electrons. The largest absolute Gasteiger partial charge is 0.481 e. The number of hydrogen-bond donors (Lipinski definition) is 2. The first-order valence-corrected chi connectivity index (χ1v) is 4.35. The minimum Gasteiger partial charge on any atom is -0.481 e. The second kappa shape index (κ2) is 5.94. The minimum atomic E-state index is -0.527. The molecule has 0 fully saturated rings. The predicted molar refractivity (Wildman–Crippen MR) is 52.8 cm³/mol. The van der Waals surface area contributed by atoms with Crippen molar-refractivity contribution in [1.29, 1.82) is 0 Å². The molecule has 3 N–H and O–H groups in total. The van der Waals surface area contributed by atoms with E-state index >= 15 is 0 Å². The molecule has 6 nitrogen and oxygen atoms in total. The SMILES string of the molecule is COc1cccc(CNOCC(N)=O)n1. The van der Waals surface area contributed by atoms with Crippen LogP contribution in [0.15, 0.2) is 18.2 Å². The van der Waals surface area contributed by atoms with Crippen LogP contribution in [0, 0.1) is 0 Å². The second-order valence-corrected chi connectivity index (χ2v) is 2.75. The summed E-state index contributed by atoms with van der Waals surface area (Å²) in [5, 5.41) is 0. The Labute approximate surface area is 87.3 Å². The van der Waals surface area contributed by atoms with Crippen molar-refractivity contribution >= 4 is 5.91 Å². The van der Waals surface area contributed by atoms with E-state index in [0.717, 1.165) is 5.69 Å². The smallest absolute Gasteiger partial charge is 0.245 e. The first kappa shape index (κ1) is 11.4. The molecule has 1 rings (SSSR count). The van der Waals surface area contributed by atoms with Crippen LogP contribution >= 0.6 is 0 Å². The van der Waals surface area contributed by atoms with E-state index in [0.29, 0.717) is 12.4 Å². The van der Waals surface area contributed by atoms with Gasteiger partial charge in [0.05, 0.1) is 19.3 Å². The number of nitrogens with one attached hydrogen (secondary N) is 1. The van der Waals surface area contributed by atoms with Gasteiger partial charge < -0.3 is 10.5 Å². The lowest BCUT2D eigenvalue weighted by atomic mass is 10.3. The zero-order chi connectivity index (χ0) is 11.1. The summed E-state index contributed by atoms with van der Waals surface area (Å²) in [6, 6.07) is 5.37. The van der Waals surface area contributed by atoms with Crippen molar-refractivity contribution in [2.45, 2.75) is 6.54 Å². The Bertz CT molecular complexity index is 330. The highest BCUT2D eigenvalue weighted by atomic mass is 16.6. The van der Waals surface area contributed by atoms with Crippen molar-refractivity contribution in [3.63, 3.8) is 0 Å². The maximum Gasteiger partial charge on any atom is 0.245 e. The van der Waals surface area contributed by atoms with E-state index in [-0.39, 0.29) is 6.61 Å². The number of nitrogens with two attached hydrogens (primary N) is 1. The second-order valence-electron chi connectivity index (χ2n) is 2.75. The molecule has 0 aliphatic rings. The first-order chi connectivity index (χ1) is 7.22. The molecule has 1 amide bonds. The van der Waals surface area contributed by atoms with Gasteiger partial charge in [0.1, 0.15) is 6.61 Å². The van der Waals surface area contributed by atoms with Gasteiger partial charge in [0.15, 0.2) is 0 Å². The molecule has 0 bridgehead atoms. The molecule has 0 atom stereocenters. The number of rotatable bonds is 6. The van der Waals surface area contributed by atoms with Crippen LogP contribution in [0.25, 0.3) is 0 Å². The highest BCUT2D eigenvalue weighted by molar-refractivity contribution is 5.74. The fourth-order valence-electron chi connectivity index (χ4n) is 0.917. The molecule has 1 aromatic heterocycles. The van der Waals surface area contributed by atoms with E-state index in [2.05, 4.69) is 10.5 Å². The third-order valence-electron chi connectivity index (χ3n) is 1.56. The summed E-state index contributed by atoms with van der Waals surface area (Å²) in [4.78, 5) is 19.2. The van der Waals surface area contributed by atoms with E-state index in [4.69, 9.17) is 15.3 Å². The van der Waals surface area contributed by atoms with Crippen molar-refractivity contribution in [2.75, 3.05) is 13.7 Å². The summed E-state index contributed by atoms with van der Waals surface area (Å²) in [5.74, 6) is 0.00491. The normalized spacial score (nSPS) is 9.93. The van der Waals surface area contributed by atoms with Gasteiger partial charge >= 0.3 is 0 Å². The standard InChI is InChI=1S/C9H13N3O3/c1-14-9-4-2-3-7(12-9)5-11-15-6-8(10)13/h2-4,11H,5-6H2,1H3,(H2,10,13). The highest BCUT2D eigenvalue weighted by Crippen LogP contribution is 2.05. The third kappa shape index (κ3) is 4.39. The number of methoxy groups -OCH3 is 1. The number of amides is 1. The Morgan fingerprint density at radius 1 is 1.60 bits per heavy atom. The average molecular weight is 211 g/mol. The Hall–Kier alpha value is -1.66.